The van der Waals surface area contributed by atoms with Gasteiger partial charge in [-0.2, -0.15) is 0 Å². The molecule has 192 valence electrons. The fraction of sp³-hybridized carbons (Fsp3) is 0.556. The first kappa shape index (κ1) is 26.2. The predicted octanol–water partition coefficient (Wildman–Crippen LogP) is 5.19. The van der Waals surface area contributed by atoms with Crippen molar-refractivity contribution < 1.29 is 1.43 Å². The Bertz CT molecular complexity index is 994. The molecule has 0 unspecified atom stereocenters. The lowest BCUT2D eigenvalue weighted by Gasteiger charge is -2.47. The summed E-state index contributed by atoms with van der Waals surface area (Å²) in [5, 5.41) is 4.81. The van der Waals surface area contributed by atoms with Gasteiger partial charge in [0.15, 0.2) is 0 Å². The Balaban J connectivity index is 0.00000361. The fourth-order valence-corrected chi connectivity index (χ4v) is 5.74. The number of nitrogens with one attached hydrogen (secondary N) is 1. The van der Waals surface area contributed by atoms with Crippen LogP contribution in [0.1, 0.15) is 46.2 Å². The quantitative estimate of drug-likeness (QED) is 0.403. The van der Waals surface area contributed by atoms with Crippen LogP contribution in [-0.4, -0.2) is 78.5 Å². The minimum Gasteiger partial charge on any atom is -0.370 e. The molecule has 0 bridgehead atoms. The molecule has 2 aliphatic rings. The van der Waals surface area contributed by atoms with E-state index in [1.807, 2.05) is 31.3 Å². The van der Waals surface area contributed by atoms with Crippen LogP contribution in [0.15, 0.2) is 41.5 Å². The molecule has 0 saturated carbocycles. The Kier molecular flexibility index (Phi) is 9.28. The summed E-state index contributed by atoms with van der Waals surface area (Å²) in [4.78, 5) is 16.9. The third-order valence-electron chi connectivity index (χ3n) is 7.08. The van der Waals surface area contributed by atoms with Crippen LogP contribution in [0.3, 0.4) is 0 Å². The summed E-state index contributed by atoms with van der Waals surface area (Å²) in [6, 6.07) is 11.4. The highest BCUT2D eigenvalue weighted by Crippen LogP contribution is 2.29. The number of likely N-dealkylation sites (tertiary alicyclic amines) is 1. The molecule has 4 rings (SSSR count). The number of nitrogens with zero attached hydrogens (tertiary/aromatic N) is 5. The Morgan fingerprint density at radius 2 is 1.86 bits per heavy atom. The molecule has 0 aliphatic carbocycles. The highest BCUT2D eigenvalue weighted by atomic mass is 35.5. The summed E-state index contributed by atoms with van der Waals surface area (Å²) >= 11 is 12.8. The zero-order valence-electron chi connectivity index (χ0n) is 21.2. The molecule has 2 saturated heterocycles. The number of pyridine rings is 1. The van der Waals surface area contributed by atoms with Gasteiger partial charge in [0.1, 0.15) is 11.7 Å². The summed E-state index contributed by atoms with van der Waals surface area (Å²) in [7, 11) is 0. The van der Waals surface area contributed by atoms with Crippen LogP contribution in [0.25, 0.3) is 0 Å². The number of piperidine rings is 1. The molecule has 2 fully saturated rings. The summed E-state index contributed by atoms with van der Waals surface area (Å²) in [6.45, 7) is 14.2. The van der Waals surface area contributed by atoms with Gasteiger partial charge in [0.05, 0.1) is 5.02 Å². The van der Waals surface area contributed by atoms with Crippen molar-refractivity contribution in [3.8, 4) is 0 Å². The van der Waals surface area contributed by atoms with E-state index in [4.69, 9.17) is 28.2 Å². The average Bonchev–Trinajstić information content (AvgIpc) is 2.86. The van der Waals surface area contributed by atoms with Gasteiger partial charge < -0.3 is 10.2 Å². The third kappa shape index (κ3) is 6.67. The zero-order chi connectivity index (χ0) is 24.8. The summed E-state index contributed by atoms with van der Waals surface area (Å²) < 4.78 is 0. The van der Waals surface area contributed by atoms with Crippen LogP contribution >= 0.6 is 23.2 Å². The molecule has 8 heteroatoms. The van der Waals surface area contributed by atoms with Crippen LogP contribution in [0.2, 0.25) is 10.0 Å². The topological polar surface area (TPSA) is 47.0 Å². The number of benzene rings is 1. The lowest BCUT2D eigenvalue weighted by molar-refractivity contribution is 0.0690. The lowest BCUT2D eigenvalue weighted by Crippen LogP contribution is -2.57. The number of anilines is 1. The first-order valence-corrected chi connectivity index (χ1v) is 13.7. The van der Waals surface area contributed by atoms with Crippen molar-refractivity contribution in [1.29, 1.82) is 0 Å². The predicted molar refractivity (Wildman–Crippen MR) is 150 cm³/mol. The molecule has 1 N–H and O–H groups in total. The molecule has 35 heavy (non-hydrogen) atoms. The standard InChI is InChI=1S/C27H38Cl2N6.H2/c1-4-30-26(31-5-2)22-16-25(29)27(32-17-22)34-14-15-35(20(3)18-34)24-10-12-33(13-11-24)19-21-6-8-23(28)9-7-21;/h6-9,16-17,20,24H,4-5,10-15,18-19H2,1-3H3,(H,30,31);1H/t20-;/m0./s1. The van der Waals surface area contributed by atoms with E-state index in [1.54, 1.807) is 0 Å². The SMILES string of the molecule is CCN=C(NCC)c1cnc(N2CCN(C3CCN(Cc4ccc(Cl)cc4)CC3)[C@@H](C)C2)c(Cl)c1.[HH]. The van der Waals surface area contributed by atoms with E-state index in [1.165, 1.54) is 18.4 Å². The molecule has 6 nitrogen and oxygen atoms in total. The molecule has 0 amide bonds. The van der Waals surface area contributed by atoms with Crippen molar-refractivity contribution in [2.24, 2.45) is 4.99 Å². The summed E-state index contributed by atoms with van der Waals surface area (Å²) in [5.74, 6) is 1.74. The van der Waals surface area contributed by atoms with Gasteiger partial charge >= 0.3 is 0 Å². The summed E-state index contributed by atoms with van der Waals surface area (Å²) in [6.07, 6.45) is 4.33. The number of hydrogen-bond acceptors (Lipinski definition) is 5. The molecule has 2 aliphatic heterocycles. The molecular weight excluding hydrogens is 479 g/mol. The van der Waals surface area contributed by atoms with Crippen LogP contribution in [-0.2, 0) is 6.54 Å². The van der Waals surface area contributed by atoms with E-state index in [0.717, 1.165) is 74.6 Å². The highest BCUT2D eigenvalue weighted by molar-refractivity contribution is 6.33. The van der Waals surface area contributed by atoms with Crippen LogP contribution in [0, 0.1) is 0 Å². The molecule has 1 atom stereocenters. The van der Waals surface area contributed by atoms with E-state index in [9.17, 15) is 0 Å². The molecule has 2 aromatic rings. The van der Waals surface area contributed by atoms with E-state index < -0.39 is 0 Å². The van der Waals surface area contributed by atoms with Crippen LogP contribution in [0.5, 0.6) is 0 Å². The molecule has 1 aromatic heterocycles. The lowest BCUT2D eigenvalue weighted by atomic mass is 9.99. The second-order valence-electron chi connectivity index (χ2n) is 9.55. The van der Waals surface area contributed by atoms with E-state index in [2.05, 4.69) is 51.0 Å². The third-order valence-corrected chi connectivity index (χ3v) is 7.61. The van der Waals surface area contributed by atoms with Crippen molar-refractivity contribution in [1.82, 2.24) is 20.1 Å². The minimum atomic E-state index is 0. The van der Waals surface area contributed by atoms with Crippen molar-refractivity contribution in [2.75, 3.05) is 50.7 Å². The Labute approximate surface area is 221 Å². The molecule has 3 heterocycles. The number of aliphatic imine (C=N–C) groups is 1. The maximum atomic E-state index is 6.72. The second-order valence-corrected chi connectivity index (χ2v) is 10.4. The number of piperazine rings is 1. The highest BCUT2D eigenvalue weighted by Gasteiger charge is 2.32. The van der Waals surface area contributed by atoms with E-state index >= 15 is 0 Å². The van der Waals surface area contributed by atoms with Gasteiger partial charge in [0.2, 0.25) is 0 Å². The normalized spacial score (nSPS) is 20.9. The minimum absolute atomic E-state index is 0. The smallest absolute Gasteiger partial charge is 0.147 e. The van der Waals surface area contributed by atoms with Crippen molar-refractivity contribution in [2.45, 2.75) is 52.2 Å². The van der Waals surface area contributed by atoms with Crippen LogP contribution < -0.4 is 10.2 Å². The first-order valence-electron chi connectivity index (χ1n) is 12.9. The molecule has 0 radical (unpaired) electrons. The van der Waals surface area contributed by atoms with Gasteiger partial charge in [0.25, 0.3) is 0 Å². The molecular formula is C27H40Cl2N6. The number of amidine groups is 1. The Morgan fingerprint density at radius 3 is 2.49 bits per heavy atom. The maximum Gasteiger partial charge on any atom is 0.147 e. The number of rotatable bonds is 7. The van der Waals surface area contributed by atoms with Gasteiger partial charge in [-0.05, 0) is 70.5 Å². The van der Waals surface area contributed by atoms with Gasteiger partial charge in [-0.15, -0.1) is 0 Å². The second kappa shape index (κ2) is 12.4. The van der Waals surface area contributed by atoms with Crippen molar-refractivity contribution in [3.05, 3.63) is 57.7 Å². The number of aromatic nitrogens is 1. The van der Waals surface area contributed by atoms with Crippen LogP contribution in [0.4, 0.5) is 5.82 Å². The monoisotopic (exact) mass is 518 g/mol. The molecule has 0 spiro atoms. The molecule has 1 aromatic carbocycles. The van der Waals surface area contributed by atoms with Gasteiger partial charge in [-0.3, -0.25) is 14.8 Å². The van der Waals surface area contributed by atoms with E-state index in [0.29, 0.717) is 17.1 Å². The fourth-order valence-electron chi connectivity index (χ4n) is 5.33. The largest absolute Gasteiger partial charge is 0.370 e. The maximum absolute atomic E-state index is 6.72. The summed E-state index contributed by atoms with van der Waals surface area (Å²) in [5.41, 5.74) is 2.28. The Morgan fingerprint density at radius 1 is 1.11 bits per heavy atom. The van der Waals surface area contributed by atoms with Crippen molar-refractivity contribution >= 4 is 34.9 Å². The number of hydrogen-bond donors (Lipinski definition) is 1. The van der Waals surface area contributed by atoms with Gasteiger partial charge in [-0.25, -0.2) is 4.98 Å². The first-order chi connectivity index (χ1) is 17.0. The average molecular weight is 520 g/mol. The van der Waals surface area contributed by atoms with Gasteiger partial charge in [0, 0.05) is 69.6 Å². The van der Waals surface area contributed by atoms with Gasteiger partial charge in [-0.1, -0.05) is 35.3 Å². The Hall–Kier alpha value is -1.86. The number of halogens is 2. The van der Waals surface area contributed by atoms with Crippen molar-refractivity contribution in [3.63, 3.8) is 0 Å². The zero-order valence-corrected chi connectivity index (χ0v) is 22.7. The van der Waals surface area contributed by atoms with E-state index in [-0.39, 0.29) is 1.43 Å².